The molecule has 0 aliphatic rings. The number of rotatable bonds is 0. The van der Waals surface area contributed by atoms with Crippen LogP contribution in [0.5, 0.6) is 0 Å². The van der Waals surface area contributed by atoms with Crippen molar-refractivity contribution in [3.63, 3.8) is 0 Å². The minimum atomic E-state index is -5.39. The van der Waals surface area contributed by atoms with E-state index in [1.165, 1.54) is 0 Å². The molecule has 0 N–H and O–H groups in total. The van der Waals surface area contributed by atoms with Crippen molar-refractivity contribution in [3.05, 3.63) is 0 Å². The van der Waals surface area contributed by atoms with Gasteiger partial charge in [0.05, 0.1) is 0 Å². The molecule has 0 aliphatic heterocycles. The monoisotopic (exact) mass is 464 g/mol. The van der Waals surface area contributed by atoms with E-state index in [0.717, 1.165) is 0 Å². The Morgan fingerprint density at radius 2 is 0.667 bits per heavy atom. The molecule has 0 atom stereocenters. The first-order chi connectivity index (χ1) is 4.00. The van der Waals surface area contributed by atoms with E-state index in [0.29, 0.717) is 0 Å². The van der Waals surface area contributed by atoms with E-state index in [-0.39, 0.29) is 47.3 Å². The fourth-order valence-corrected chi connectivity index (χ4v) is 0. The van der Waals surface area contributed by atoms with Gasteiger partial charge >= 0.3 is 0 Å². The van der Waals surface area contributed by atoms with Gasteiger partial charge in [-0.2, -0.15) is 15.6 Å². The summed E-state index contributed by atoms with van der Waals surface area (Å²) in [5.41, 5.74) is 0. The van der Waals surface area contributed by atoms with Gasteiger partial charge in [-0.05, 0) is 0 Å². The van der Waals surface area contributed by atoms with Crippen molar-refractivity contribution in [2.45, 2.75) is 0 Å². The van der Waals surface area contributed by atoms with Crippen LogP contribution in [0.2, 0.25) is 0 Å². The second-order valence-electron chi connectivity index (χ2n) is 0.894. The maximum atomic E-state index is 8.55. The van der Waals surface area contributed by atoms with Gasteiger partial charge in [-0.3, -0.25) is 0 Å². The Morgan fingerprint density at radius 3 is 0.667 bits per heavy atom. The molecule has 0 saturated heterocycles. The van der Waals surface area contributed by atoms with E-state index in [9.17, 15) is 0 Å². The Labute approximate surface area is 101 Å². The maximum Gasteiger partial charge on any atom is 0 e. The molecule has 0 aromatic rings. The van der Waals surface area contributed by atoms with Gasteiger partial charge in [0, 0.05) is 47.3 Å². The summed E-state index contributed by atoms with van der Waals surface area (Å²) < 4.78 is 17.1. The molecule has 0 bridgehead atoms. The molecular weight excluding hydrogens is 465 g/mol. The van der Waals surface area contributed by atoms with Crippen LogP contribution in [0.1, 0.15) is 0 Å². The van der Waals surface area contributed by atoms with Gasteiger partial charge in [0.25, 0.3) is 0 Å². The van der Waals surface area contributed by atoms with E-state index < -0.39 is 15.6 Å². The molecule has 0 aromatic heterocycles. The number of hydrogen-bond donors (Lipinski definition) is 0. The van der Waals surface area contributed by atoms with Crippen molar-refractivity contribution in [1.82, 2.24) is 0 Å². The standard InChI is InChI=1S/2H3O4P.W.Zr/c2*1-5(2,3)4;;/h2*(H3,1,2,3,4);;/p-6. The Bertz CT molecular complexity index is 129. The molecular formula is O8P2WZr-6. The van der Waals surface area contributed by atoms with E-state index in [4.69, 9.17) is 38.5 Å². The third-order valence-electron chi connectivity index (χ3n) is 0. The van der Waals surface area contributed by atoms with Gasteiger partial charge in [-0.25, -0.2) is 0 Å². The predicted octanol–water partition coefficient (Wildman–Crippen LogP) is -5.65. The van der Waals surface area contributed by atoms with Gasteiger partial charge < -0.3 is 38.5 Å². The summed E-state index contributed by atoms with van der Waals surface area (Å²) in [5.74, 6) is 0. The average molecular weight is 465 g/mol. The number of hydrogen-bond acceptors (Lipinski definition) is 8. The summed E-state index contributed by atoms with van der Waals surface area (Å²) in [4.78, 5) is 51.3. The first-order valence-electron chi connectivity index (χ1n) is 1.46. The molecule has 0 rings (SSSR count). The predicted molar refractivity (Wildman–Crippen MR) is 15.2 cm³/mol. The molecule has 0 unspecified atom stereocenters. The van der Waals surface area contributed by atoms with E-state index in [2.05, 4.69) is 0 Å². The first-order valence-corrected chi connectivity index (χ1v) is 4.38. The van der Waals surface area contributed by atoms with E-state index in [1.807, 2.05) is 0 Å². The van der Waals surface area contributed by atoms with Crippen LogP contribution < -0.4 is 29.4 Å². The zero-order valence-electron chi connectivity index (χ0n) is 5.07. The summed E-state index contributed by atoms with van der Waals surface area (Å²) in [6.45, 7) is 0. The van der Waals surface area contributed by atoms with Gasteiger partial charge in [0.15, 0.2) is 0 Å². The largest absolute Gasteiger partial charge is 0.822 e. The topological polar surface area (TPSA) is 172 Å². The maximum absolute atomic E-state index is 8.55. The molecule has 0 fully saturated rings. The molecule has 12 heavy (non-hydrogen) atoms. The van der Waals surface area contributed by atoms with Crippen molar-refractivity contribution >= 4 is 15.6 Å². The molecule has 0 spiro atoms. The Balaban J connectivity index is -0.0000000457. The molecule has 12 heteroatoms. The first kappa shape index (κ1) is 23.5. The molecule has 0 aromatic carbocycles. The van der Waals surface area contributed by atoms with Crippen molar-refractivity contribution < 1.29 is 85.8 Å². The minimum absolute atomic E-state index is 0. The van der Waals surface area contributed by atoms with Gasteiger partial charge in [0.1, 0.15) is 0 Å². The van der Waals surface area contributed by atoms with Gasteiger partial charge in [-0.1, -0.05) is 0 Å². The van der Waals surface area contributed by atoms with E-state index >= 15 is 0 Å². The zero-order chi connectivity index (χ0) is 9.00. The Kier molecular flexibility index (Phi) is 18.3. The molecule has 74 valence electrons. The minimum Gasteiger partial charge on any atom is -0.822 e. The summed E-state index contributed by atoms with van der Waals surface area (Å²) >= 11 is 0. The van der Waals surface area contributed by atoms with Crippen LogP contribution in [0.3, 0.4) is 0 Å². The molecule has 0 heterocycles. The van der Waals surface area contributed by atoms with Crippen LogP contribution in [-0.4, -0.2) is 0 Å². The zero-order valence-corrected chi connectivity index (χ0v) is 12.2. The smallest absolute Gasteiger partial charge is 0 e. The molecule has 0 saturated carbocycles. The van der Waals surface area contributed by atoms with Crippen LogP contribution in [0, 0.1) is 0 Å². The quantitative estimate of drug-likeness (QED) is 0.319. The Hall–Kier alpha value is 1.79. The fraction of sp³-hybridized carbons (Fsp3) is 0. The van der Waals surface area contributed by atoms with Crippen LogP contribution in [0.15, 0.2) is 0 Å². The average Bonchev–Trinajstić information content (AvgIpc) is 1.12. The fourth-order valence-electron chi connectivity index (χ4n) is 0. The SMILES string of the molecule is O=P([O-])([O-])[O-].O=P([O-])([O-])[O-].[W].[Zr]. The van der Waals surface area contributed by atoms with Crippen LogP contribution >= 0.6 is 15.6 Å². The van der Waals surface area contributed by atoms with Crippen molar-refractivity contribution in [1.29, 1.82) is 0 Å². The van der Waals surface area contributed by atoms with Gasteiger partial charge in [0.2, 0.25) is 0 Å². The third kappa shape index (κ3) is 428. The van der Waals surface area contributed by atoms with Crippen LogP contribution in [-0.2, 0) is 56.4 Å². The summed E-state index contributed by atoms with van der Waals surface area (Å²) in [5, 5.41) is 0. The van der Waals surface area contributed by atoms with Crippen molar-refractivity contribution in [2.24, 2.45) is 0 Å². The second-order valence-corrected chi connectivity index (χ2v) is 2.68. The Morgan fingerprint density at radius 1 is 0.667 bits per heavy atom. The third-order valence-corrected chi connectivity index (χ3v) is 0. The molecule has 0 radical (unpaired) electrons. The van der Waals surface area contributed by atoms with Gasteiger partial charge in [-0.15, -0.1) is 0 Å². The van der Waals surface area contributed by atoms with Crippen LogP contribution in [0.4, 0.5) is 0 Å². The molecule has 0 aliphatic carbocycles. The molecule has 8 nitrogen and oxygen atoms in total. The summed E-state index contributed by atoms with van der Waals surface area (Å²) in [7, 11) is -10.8. The second kappa shape index (κ2) is 9.35. The normalized spacial score (nSPS) is 9.83. The summed E-state index contributed by atoms with van der Waals surface area (Å²) in [6, 6.07) is 0. The van der Waals surface area contributed by atoms with Crippen molar-refractivity contribution in [2.75, 3.05) is 0 Å². The molecule has 0 amide bonds. The number of phosphoric acid groups is 2. The summed E-state index contributed by atoms with van der Waals surface area (Å²) in [6.07, 6.45) is 0. The van der Waals surface area contributed by atoms with Crippen LogP contribution in [0.25, 0.3) is 0 Å². The van der Waals surface area contributed by atoms with E-state index in [1.54, 1.807) is 0 Å². The van der Waals surface area contributed by atoms with Crippen molar-refractivity contribution in [3.8, 4) is 0 Å².